The molecule has 0 saturated heterocycles. The van der Waals surface area contributed by atoms with Crippen LogP contribution in [0.1, 0.15) is 35.8 Å². The summed E-state index contributed by atoms with van der Waals surface area (Å²) in [5.41, 5.74) is 4.04. The second kappa shape index (κ2) is 5.23. The predicted octanol–water partition coefficient (Wildman–Crippen LogP) is 3.04. The number of carbonyl (C=O) groups is 1. The second-order valence-corrected chi connectivity index (χ2v) is 4.68. The lowest BCUT2D eigenvalue weighted by Gasteiger charge is -2.09. The van der Waals surface area contributed by atoms with Gasteiger partial charge in [-0.15, -0.1) is 0 Å². The number of rotatable bonds is 3. The van der Waals surface area contributed by atoms with E-state index in [0.717, 1.165) is 5.69 Å². The highest BCUT2D eigenvalue weighted by Gasteiger charge is 2.11. The first-order valence-corrected chi connectivity index (χ1v) is 6.06. The molecule has 0 aliphatic rings. The monoisotopic (exact) mass is 263 g/mol. The molecule has 2 aromatic heterocycles. The van der Waals surface area contributed by atoms with Crippen molar-refractivity contribution in [2.24, 2.45) is 0 Å². The van der Waals surface area contributed by atoms with Crippen LogP contribution in [0.15, 0.2) is 36.7 Å². The zero-order valence-electron chi connectivity index (χ0n) is 10.2. The van der Waals surface area contributed by atoms with Gasteiger partial charge in [-0.2, -0.15) is 0 Å². The fourth-order valence-corrected chi connectivity index (χ4v) is 1.75. The third-order valence-corrected chi connectivity index (χ3v) is 2.70. The fourth-order valence-electron chi connectivity index (χ4n) is 1.53. The average Bonchev–Trinajstić information content (AvgIpc) is 2.80. The molecule has 0 spiro atoms. The molecule has 0 aliphatic heterocycles. The minimum absolute atomic E-state index is 0.211. The molecule has 0 bridgehead atoms. The summed E-state index contributed by atoms with van der Waals surface area (Å²) < 4.78 is 1.59. The van der Waals surface area contributed by atoms with Crippen molar-refractivity contribution in [3.05, 3.63) is 53.1 Å². The lowest BCUT2D eigenvalue weighted by atomic mass is 10.1. The van der Waals surface area contributed by atoms with Crippen LogP contribution >= 0.6 is 11.6 Å². The number of aromatic nitrogens is 2. The largest absolute Gasteiger partial charge is 0.270 e. The molecule has 2 heterocycles. The number of amides is 1. The van der Waals surface area contributed by atoms with Gasteiger partial charge in [0.05, 0.1) is 0 Å². The van der Waals surface area contributed by atoms with Crippen molar-refractivity contribution in [1.82, 2.24) is 9.66 Å². The van der Waals surface area contributed by atoms with E-state index >= 15 is 0 Å². The van der Waals surface area contributed by atoms with Crippen LogP contribution in [-0.4, -0.2) is 15.6 Å². The topological polar surface area (TPSA) is 46.9 Å². The number of carbonyl (C=O) groups excluding carboxylic acids is 1. The van der Waals surface area contributed by atoms with Crippen molar-refractivity contribution < 1.29 is 4.79 Å². The van der Waals surface area contributed by atoms with Gasteiger partial charge in [-0.3, -0.25) is 14.9 Å². The van der Waals surface area contributed by atoms with Crippen LogP contribution in [0.25, 0.3) is 0 Å². The minimum Gasteiger partial charge on any atom is -0.268 e. The normalized spacial score (nSPS) is 10.7. The van der Waals surface area contributed by atoms with Crippen LogP contribution in [-0.2, 0) is 0 Å². The molecular formula is C13H14ClN3O. The van der Waals surface area contributed by atoms with Crippen molar-refractivity contribution in [2.75, 3.05) is 5.43 Å². The average molecular weight is 264 g/mol. The summed E-state index contributed by atoms with van der Waals surface area (Å²) in [6, 6.07) is 6.99. The Balaban J connectivity index is 2.24. The van der Waals surface area contributed by atoms with Crippen LogP contribution in [0.5, 0.6) is 0 Å². The van der Waals surface area contributed by atoms with Crippen LogP contribution in [0.4, 0.5) is 0 Å². The third-order valence-electron chi connectivity index (χ3n) is 2.50. The van der Waals surface area contributed by atoms with Crippen molar-refractivity contribution in [2.45, 2.75) is 19.8 Å². The smallest absolute Gasteiger partial charge is 0.268 e. The summed E-state index contributed by atoms with van der Waals surface area (Å²) >= 11 is 5.92. The highest BCUT2D eigenvalue weighted by Crippen LogP contribution is 2.17. The fraction of sp³-hybridized carbons (Fsp3) is 0.231. The Morgan fingerprint density at radius 2 is 2.00 bits per heavy atom. The van der Waals surface area contributed by atoms with Crippen molar-refractivity contribution >= 4 is 17.5 Å². The Morgan fingerprint density at radius 3 is 2.61 bits per heavy atom. The Labute approximate surface area is 111 Å². The van der Waals surface area contributed by atoms with Gasteiger partial charge in [0.15, 0.2) is 0 Å². The zero-order chi connectivity index (χ0) is 13.1. The van der Waals surface area contributed by atoms with E-state index in [1.54, 1.807) is 29.2 Å². The molecule has 0 aliphatic carbocycles. The maximum atomic E-state index is 12.0. The molecule has 94 valence electrons. The summed E-state index contributed by atoms with van der Waals surface area (Å²) in [5, 5.41) is 0.332. The number of nitrogens with zero attached hydrogens (tertiary/aromatic N) is 2. The number of pyridine rings is 1. The predicted molar refractivity (Wildman–Crippen MR) is 71.5 cm³/mol. The Morgan fingerprint density at radius 1 is 1.33 bits per heavy atom. The van der Waals surface area contributed by atoms with E-state index in [0.29, 0.717) is 10.7 Å². The Hall–Kier alpha value is -1.81. The van der Waals surface area contributed by atoms with E-state index < -0.39 is 0 Å². The first kappa shape index (κ1) is 12.6. The molecule has 0 saturated carbocycles. The minimum atomic E-state index is -0.211. The van der Waals surface area contributed by atoms with Crippen LogP contribution in [0, 0.1) is 0 Å². The summed E-state index contributed by atoms with van der Waals surface area (Å²) in [4.78, 5) is 16.2. The van der Waals surface area contributed by atoms with Crippen LogP contribution < -0.4 is 5.43 Å². The van der Waals surface area contributed by atoms with E-state index in [9.17, 15) is 4.79 Å². The summed E-state index contributed by atoms with van der Waals surface area (Å²) in [6.07, 6.45) is 3.51. The van der Waals surface area contributed by atoms with Gasteiger partial charge in [-0.05, 0) is 30.2 Å². The first-order chi connectivity index (χ1) is 8.56. The molecular weight excluding hydrogens is 250 g/mol. The van der Waals surface area contributed by atoms with Gasteiger partial charge >= 0.3 is 0 Å². The molecule has 0 unspecified atom stereocenters. The standard InChI is InChI=1S/C13H14ClN3O/c1-9(2)11-7-10(8-12(14)15-11)13(18)16-17-5-3-4-6-17/h3-9H,1-2H3,(H,16,18). The first-order valence-electron chi connectivity index (χ1n) is 5.68. The molecule has 4 nitrogen and oxygen atoms in total. The Bertz CT molecular complexity index is 549. The molecule has 5 heteroatoms. The summed E-state index contributed by atoms with van der Waals surface area (Å²) in [7, 11) is 0. The molecule has 18 heavy (non-hydrogen) atoms. The highest BCUT2D eigenvalue weighted by atomic mass is 35.5. The van der Waals surface area contributed by atoms with Crippen molar-refractivity contribution in [3.63, 3.8) is 0 Å². The molecule has 0 atom stereocenters. The molecule has 0 fully saturated rings. The lowest BCUT2D eigenvalue weighted by molar-refractivity contribution is 0.101. The highest BCUT2D eigenvalue weighted by molar-refractivity contribution is 6.29. The molecule has 2 aromatic rings. The summed E-state index contributed by atoms with van der Waals surface area (Å²) in [6.45, 7) is 4.01. The zero-order valence-corrected chi connectivity index (χ0v) is 11.0. The van der Waals surface area contributed by atoms with Crippen LogP contribution in [0.3, 0.4) is 0 Å². The molecule has 0 aromatic carbocycles. The number of halogens is 1. The molecule has 2 rings (SSSR count). The summed E-state index contributed by atoms with van der Waals surface area (Å²) in [5.74, 6) is 0.0132. The van der Waals surface area contributed by atoms with Gasteiger partial charge < -0.3 is 0 Å². The van der Waals surface area contributed by atoms with E-state index in [1.165, 1.54) is 0 Å². The van der Waals surface area contributed by atoms with E-state index in [4.69, 9.17) is 11.6 Å². The lowest BCUT2D eigenvalue weighted by Crippen LogP contribution is -2.21. The maximum absolute atomic E-state index is 12.0. The van der Waals surface area contributed by atoms with Gasteiger partial charge in [0, 0.05) is 23.7 Å². The van der Waals surface area contributed by atoms with Crippen molar-refractivity contribution in [3.8, 4) is 0 Å². The van der Waals surface area contributed by atoms with Crippen molar-refractivity contribution in [1.29, 1.82) is 0 Å². The number of hydrogen-bond donors (Lipinski definition) is 1. The van der Waals surface area contributed by atoms with E-state index in [1.807, 2.05) is 26.0 Å². The number of hydrogen-bond acceptors (Lipinski definition) is 2. The molecule has 1 N–H and O–H groups in total. The van der Waals surface area contributed by atoms with Gasteiger partial charge in [0.1, 0.15) is 5.15 Å². The van der Waals surface area contributed by atoms with Gasteiger partial charge in [0.25, 0.3) is 5.91 Å². The maximum Gasteiger partial charge on any atom is 0.270 e. The molecule has 0 radical (unpaired) electrons. The van der Waals surface area contributed by atoms with Gasteiger partial charge in [-0.1, -0.05) is 25.4 Å². The quantitative estimate of drug-likeness (QED) is 0.865. The third kappa shape index (κ3) is 2.90. The van der Waals surface area contributed by atoms with E-state index in [2.05, 4.69) is 10.4 Å². The van der Waals surface area contributed by atoms with E-state index in [-0.39, 0.29) is 11.8 Å². The van der Waals surface area contributed by atoms with Gasteiger partial charge in [0.2, 0.25) is 0 Å². The molecule has 1 amide bonds. The second-order valence-electron chi connectivity index (χ2n) is 4.29. The van der Waals surface area contributed by atoms with Gasteiger partial charge in [-0.25, -0.2) is 4.98 Å². The number of nitrogens with one attached hydrogen (secondary N) is 1. The SMILES string of the molecule is CC(C)c1cc(C(=O)Nn2cccc2)cc(Cl)n1. The Kier molecular flexibility index (Phi) is 3.67. The van der Waals surface area contributed by atoms with Crippen LogP contribution in [0.2, 0.25) is 5.15 Å².